The molecular formula is C15H20F2O. The SMILES string of the molecule is Cc1ccc(CCC2CCC(C)OC2)c(F)c1F. The Morgan fingerprint density at radius 1 is 1.22 bits per heavy atom. The van der Waals surface area contributed by atoms with Crippen molar-refractivity contribution < 1.29 is 13.5 Å². The fourth-order valence-corrected chi connectivity index (χ4v) is 2.40. The zero-order valence-electron chi connectivity index (χ0n) is 11.0. The van der Waals surface area contributed by atoms with Crippen LogP contribution in [0.1, 0.15) is 37.3 Å². The molecule has 0 aromatic heterocycles. The summed E-state index contributed by atoms with van der Waals surface area (Å²) in [7, 11) is 0. The van der Waals surface area contributed by atoms with Crippen LogP contribution in [0, 0.1) is 24.5 Å². The fourth-order valence-electron chi connectivity index (χ4n) is 2.40. The first-order valence-electron chi connectivity index (χ1n) is 6.63. The molecule has 1 fully saturated rings. The summed E-state index contributed by atoms with van der Waals surface area (Å²) in [5.74, 6) is -0.911. The van der Waals surface area contributed by atoms with Gasteiger partial charge in [-0.25, -0.2) is 8.78 Å². The molecule has 0 radical (unpaired) electrons. The van der Waals surface area contributed by atoms with E-state index >= 15 is 0 Å². The molecule has 1 saturated heterocycles. The smallest absolute Gasteiger partial charge is 0.162 e. The molecule has 1 aromatic rings. The van der Waals surface area contributed by atoms with E-state index in [0.29, 0.717) is 29.6 Å². The van der Waals surface area contributed by atoms with Gasteiger partial charge in [-0.15, -0.1) is 0 Å². The first kappa shape index (κ1) is 13.5. The molecule has 0 saturated carbocycles. The van der Waals surface area contributed by atoms with E-state index in [-0.39, 0.29) is 0 Å². The van der Waals surface area contributed by atoms with Gasteiger partial charge in [0, 0.05) is 6.61 Å². The van der Waals surface area contributed by atoms with Gasteiger partial charge in [0.2, 0.25) is 0 Å². The van der Waals surface area contributed by atoms with Crippen LogP contribution in [0.5, 0.6) is 0 Å². The van der Waals surface area contributed by atoms with Gasteiger partial charge in [-0.3, -0.25) is 0 Å². The van der Waals surface area contributed by atoms with Gasteiger partial charge in [0.05, 0.1) is 6.10 Å². The average Bonchev–Trinajstić information content (AvgIpc) is 2.37. The maximum absolute atomic E-state index is 13.7. The Morgan fingerprint density at radius 2 is 2.00 bits per heavy atom. The van der Waals surface area contributed by atoms with Crippen molar-refractivity contribution in [3.8, 4) is 0 Å². The lowest BCUT2D eigenvalue weighted by molar-refractivity contribution is -0.00699. The minimum absolute atomic E-state index is 0.342. The van der Waals surface area contributed by atoms with Crippen molar-refractivity contribution in [2.24, 2.45) is 5.92 Å². The number of rotatable bonds is 3. The Labute approximate surface area is 107 Å². The van der Waals surface area contributed by atoms with Crippen LogP contribution in [0.2, 0.25) is 0 Å². The Hall–Kier alpha value is -0.960. The highest BCUT2D eigenvalue weighted by molar-refractivity contribution is 5.25. The molecule has 0 aliphatic carbocycles. The van der Waals surface area contributed by atoms with E-state index in [1.807, 2.05) is 0 Å². The lowest BCUT2D eigenvalue weighted by Crippen LogP contribution is -2.24. The zero-order chi connectivity index (χ0) is 13.1. The van der Waals surface area contributed by atoms with E-state index in [1.54, 1.807) is 19.1 Å². The van der Waals surface area contributed by atoms with Crippen molar-refractivity contribution >= 4 is 0 Å². The molecule has 0 amide bonds. The van der Waals surface area contributed by atoms with Crippen molar-refractivity contribution in [2.75, 3.05) is 6.61 Å². The number of benzene rings is 1. The zero-order valence-corrected chi connectivity index (χ0v) is 11.0. The van der Waals surface area contributed by atoms with Crippen LogP contribution in [0.3, 0.4) is 0 Å². The molecule has 0 N–H and O–H groups in total. The van der Waals surface area contributed by atoms with Gasteiger partial charge in [-0.05, 0) is 56.6 Å². The number of hydrogen-bond donors (Lipinski definition) is 0. The summed E-state index contributed by atoms with van der Waals surface area (Å²) < 4.78 is 32.7. The molecule has 1 aromatic carbocycles. The first-order valence-corrected chi connectivity index (χ1v) is 6.63. The second-order valence-corrected chi connectivity index (χ2v) is 5.30. The predicted molar refractivity (Wildman–Crippen MR) is 67.6 cm³/mol. The van der Waals surface area contributed by atoms with Crippen molar-refractivity contribution in [3.63, 3.8) is 0 Å². The third-order valence-electron chi connectivity index (χ3n) is 3.78. The molecule has 1 aliphatic rings. The molecule has 18 heavy (non-hydrogen) atoms. The van der Waals surface area contributed by atoms with Crippen LogP contribution >= 0.6 is 0 Å². The molecule has 100 valence electrons. The molecule has 0 bridgehead atoms. The molecule has 1 heterocycles. The normalized spacial score (nSPS) is 24.2. The van der Waals surface area contributed by atoms with Crippen molar-refractivity contribution in [3.05, 3.63) is 34.9 Å². The molecular weight excluding hydrogens is 234 g/mol. The largest absolute Gasteiger partial charge is 0.378 e. The lowest BCUT2D eigenvalue weighted by atomic mass is 9.92. The number of halogens is 2. The van der Waals surface area contributed by atoms with Crippen LogP contribution in [-0.2, 0) is 11.2 Å². The van der Waals surface area contributed by atoms with Crippen LogP contribution < -0.4 is 0 Å². The van der Waals surface area contributed by atoms with Crippen molar-refractivity contribution in [1.29, 1.82) is 0 Å². The van der Waals surface area contributed by atoms with E-state index in [1.165, 1.54) is 0 Å². The third-order valence-corrected chi connectivity index (χ3v) is 3.78. The second kappa shape index (κ2) is 5.79. The third kappa shape index (κ3) is 3.08. The minimum atomic E-state index is -0.707. The molecule has 2 atom stereocenters. The molecule has 1 nitrogen and oxygen atoms in total. The Balaban J connectivity index is 1.92. The number of aryl methyl sites for hydroxylation is 2. The quantitative estimate of drug-likeness (QED) is 0.791. The van der Waals surface area contributed by atoms with Crippen LogP contribution in [0.4, 0.5) is 8.78 Å². The van der Waals surface area contributed by atoms with Crippen LogP contribution in [0.15, 0.2) is 12.1 Å². The van der Waals surface area contributed by atoms with Crippen LogP contribution in [0.25, 0.3) is 0 Å². The molecule has 1 aliphatic heterocycles. The molecule has 2 rings (SSSR count). The molecule has 3 heteroatoms. The van der Waals surface area contributed by atoms with E-state index in [4.69, 9.17) is 4.74 Å². The van der Waals surface area contributed by atoms with Gasteiger partial charge in [0.1, 0.15) is 0 Å². The highest BCUT2D eigenvalue weighted by Gasteiger charge is 2.19. The van der Waals surface area contributed by atoms with Gasteiger partial charge < -0.3 is 4.74 Å². The highest BCUT2D eigenvalue weighted by atomic mass is 19.2. The minimum Gasteiger partial charge on any atom is -0.378 e. The summed E-state index contributed by atoms with van der Waals surface area (Å²) in [6, 6.07) is 3.34. The lowest BCUT2D eigenvalue weighted by Gasteiger charge is -2.26. The Bertz CT molecular complexity index is 409. The first-order chi connectivity index (χ1) is 8.58. The van der Waals surface area contributed by atoms with E-state index in [9.17, 15) is 8.78 Å². The Morgan fingerprint density at radius 3 is 2.67 bits per heavy atom. The van der Waals surface area contributed by atoms with Gasteiger partial charge in [-0.1, -0.05) is 12.1 Å². The summed E-state index contributed by atoms with van der Waals surface area (Å²) in [5, 5.41) is 0. The van der Waals surface area contributed by atoms with Gasteiger partial charge >= 0.3 is 0 Å². The van der Waals surface area contributed by atoms with Crippen molar-refractivity contribution in [2.45, 2.75) is 45.6 Å². The van der Waals surface area contributed by atoms with Crippen molar-refractivity contribution in [1.82, 2.24) is 0 Å². The summed E-state index contributed by atoms with van der Waals surface area (Å²) >= 11 is 0. The van der Waals surface area contributed by atoms with E-state index in [0.717, 1.165) is 25.9 Å². The summed E-state index contributed by atoms with van der Waals surface area (Å²) in [6.07, 6.45) is 3.99. The standard InChI is InChI=1S/C15H20F2O/c1-10-3-7-13(15(17)14(10)16)8-6-12-5-4-11(2)18-9-12/h3,7,11-12H,4-6,8-9H2,1-2H3. The highest BCUT2D eigenvalue weighted by Crippen LogP contribution is 2.24. The molecule has 0 spiro atoms. The van der Waals surface area contributed by atoms with E-state index < -0.39 is 11.6 Å². The fraction of sp³-hybridized carbons (Fsp3) is 0.600. The summed E-state index contributed by atoms with van der Waals surface area (Å²) in [6.45, 7) is 4.40. The van der Waals surface area contributed by atoms with Gasteiger partial charge in [-0.2, -0.15) is 0 Å². The predicted octanol–water partition coefficient (Wildman–Crippen LogP) is 4.02. The van der Waals surface area contributed by atoms with Gasteiger partial charge in [0.25, 0.3) is 0 Å². The maximum atomic E-state index is 13.7. The summed E-state index contributed by atoms with van der Waals surface area (Å²) in [5.41, 5.74) is 0.850. The second-order valence-electron chi connectivity index (χ2n) is 5.30. The van der Waals surface area contributed by atoms with Crippen LogP contribution in [-0.4, -0.2) is 12.7 Å². The maximum Gasteiger partial charge on any atom is 0.162 e. The average molecular weight is 254 g/mol. The topological polar surface area (TPSA) is 9.23 Å². The monoisotopic (exact) mass is 254 g/mol. The summed E-state index contributed by atoms with van der Waals surface area (Å²) in [4.78, 5) is 0. The molecule has 2 unspecified atom stereocenters. The van der Waals surface area contributed by atoms with E-state index in [2.05, 4.69) is 6.92 Å². The number of ether oxygens (including phenoxy) is 1. The van der Waals surface area contributed by atoms with Gasteiger partial charge in [0.15, 0.2) is 11.6 Å². The Kier molecular flexibility index (Phi) is 4.33. The number of hydrogen-bond acceptors (Lipinski definition) is 1.